The Kier molecular flexibility index (Phi) is 6.19. The molecule has 0 saturated carbocycles. The number of ether oxygens (including phenoxy) is 1. The van der Waals surface area contributed by atoms with Crippen LogP contribution in [0.2, 0.25) is 0 Å². The molecule has 2 saturated heterocycles. The minimum Gasteiger partial charge on any atom is -0.375 e. The van der Waals surface area contributed by atoms with Crippen molar-refractivity contribution in [2.45, 2.75) is 77.7 Å². The highest BCUT2D eigenvalue weighted by Crippen LogP contribution is 2.35. The number of hydrogen-bond donors (Lipinski definition) is 0. The minimum absolute atomic E-state index is 0.0562. The molecule has 2 fully saturated rings. The number of aromatic nitrogens is 1. The highest BCUT2D eigenvalue weighted by molar-refractivity contribution is 5.99. The fourth-order valence-electron chi connectivity index (χ4n) is 5.42. The maximum atomic E-state index is 15.3. The van der Waals surface area contributed by atoms with Gasteiger partial charge in [-0.15, -0.1) is 0 Å². The molecule has 170 valence electrons. The topological polar surface area (TPSA) is 58.3 Å². The van der Waals surface area contributed by atoms with E-state index in [-0.39, 0.29) is 53.4 Å². The highest BCUT2D eigenvalue weighted by Gasteiger charge is 2.41. The van der Waals surface area contributed by atoms with Crippen LogP contribution in [-0.4, -0.2) is 46.1 Å². The molecule has 3 heterocycles. The molecule has 2 aliphatic heterocycles. The second kappa shape index (κ2) is 8.76. The fraction of sp³-hybridized carbons (Fsp3) is 0.520. The molecule has 2 aromatic rings. The molecule has 4 atom stereocenters. The summed E-state index contributed by atoms with van der Waals surface area (Å²) in [6.07, 6.45) is 4.04. The van der Waals surface area contributed by atoms with E-state index in [1.165, 1.54) is 12.1 Å². The lowest BCUT2D eigenvalue weighted by atomic mass is 9.86. The molecule has 32 heavy (non-hydrogen) atoms. The van der Waals surface area contributed by atoms with Crippen molar-refractivity contribution >= 4 is 5.78 Å². The van der Waals surface area contributed by atoms with E-state index in [1.807, 2.05) is 0 Å². The zero-order chi connectivity index (χ0) is 23.2. The quantitative estimate of drug-likeness (QED) is 0.623. The van der Waals surface area contributed by atoms with Gasteiger partial charge in [-0.05, 0) is 64.7 Å². The predicted octanol–water partition coefficient (Wildman–Crippen LogP) is 4.85. The standard InChI is InChI=1S/C25H29F2N3O2/c1-5-20-9-19-10-21(32-20)8-14(2)29(19)13-23(31)24-15(3)30(16(4)25(24)27)18-7-6-17(12-28)22(26)11-18/h6-7,11,14,19-21H,5,8-10,13H2,1-4H3. The Bertz CT molecular complexity index is 1090. The van der Waals surface area contributed by atoms with Crippen LogP contribution in [0.4, 0.5) is 8.78 Å². The first-order valence-corrected chi connectivity index (χ1v) is 11.3. The van der Waals surface area contributed by atoms with E-state index in [0.717, 1.165) is 25.7 Å². The Morgan fingerprint density at radius 1 is 1.22 bits per heavy atom. The Balaban J connectivity index is 1.63. The Morgan fingerprint density at radius 3 is 2.62 bits per heavy atom. The minimum atomic E-state index is -0.674. The molecule has 0 radical (unpaired) electrons. The summed E-state index contributed by atoms with van der Waals surface area (Å²) in [4.78, 5) is 15.5. The summed E-state index contributed by atoms with van der Waals surface area (Å²) in [5.74, 6) is -1.51. The molecule has 7 heteroatoms. The highest BCUT2D eigenvalue weighted by atomic mass is 19.1. The Hall–Kier alpha value is -2.56. The van der Waals surface area contributed by atoms with Gasteiger partial charge in [-0.1, -0.05) is 6.92 Å². The lowest BCUT2D eigenvalue weighted by Crippen LogP contribution is -2.56. The molecule has 2 bridgehead atoms. The summed E-state index contributed by atoms with van der Waals surface area (Å²) >= 11 is 0. The van der Waals surface area contributed by atoms with Crippen molar-refractivity contribution < 1.29 is 18.3 Å². The molecule has 0 spiro atoms. The van der Waals surface area contributed by atoms with Gasteiger partial charge in [0.1, 0.15) is 11.9 Å². The van der Waals surface area contributed by atoms with Crippen LogP contribution in [0, 0.1) is 36.8 Å². The number of nitriles is 1. The number of likely N-dealkylation sites (tertiary alicyclic amines) is 1. The monoisotopic (exact) mass is 441 g/mol. The SMILES string of the molecule is CCC1CC2CC(CC(C)N2CC(=O)c2c(F)c(C)n(-c3ccc(C#N)c(F)c3)c2C)O1. The number of carbonyl (C=O) groups excluding carboxylic acids is 1. The summed E-state index contributed by atoms with van der Waals surface area (Å²) in [6.45, 7) is 7.62. The maximum absolute atomic E-state index is 15.3. The van der Waals surface area contributed by atoms with Crippen LogP contribution in [0.25, 0.3) is 5.69 Å². The zero-order valence-corrected chi connectivity index (χ0v) is 19.0. The van der Waals surface area contributed by atoms with Gasteiger partial charge >= 0.3 is 0 Å². The summed E-state index contributed by atoms with van der Waals surface area (Å²) in [5.41, 5.74) is 1.06. The van der Waals surface area contributed by atoms with Crippen LogP contribution in [-0.2, 0) is 4.74 Å². The third-order valence-corrected chi connectivity index (χ3v) is 7.06. The van der Waals surface area contributed by atoms with Crippen LogP contribution < -0.4 is 0 Å². The van der Waals surface area contributed by atoms with Crippen molar-refractivity contribution in [3.8, 4) is 11.8 Å². The van der Waals surface area contributed by atoms with Crippen molar-refractivity contribution in [2.75, 3.05) is 6.54 Å². The molecule has 0 amide bonds. The molecule has 0 aliphatic carbocycles. The maximum Gasteiger partial charge on any atom is 0.181 e. The van der Waals surface area contributed by atoms with Gasteiger partial charge < -0.3 is 9.30 Å². The number of ketones is 1. The summed E-state index contributed by atoms with van der Waals surface area (Å²) in [7, 11) is 0. The van der Waals surface area contributed by atoms with Crippen molar-refractivity contribution in [1.29, 1.82) is 5.26 Å². The molecular weight excluding hydrogens is 412 g/mol. The molecule has 1 aromatic carbocycles. The molecule has 4 rings (SSSR count). The number of piperidine rings is 1. The summed E-state index contributed by atoms with van der Waals surface area (Å²) in [6, 6.07) is 6.35. The molecule has 5 nitrogen and oxygen atoms in total. The average molecular weight is 442 g/mol. The first-order valence-electron chi connectivity index (χ1n) is 11.3. The third-order valence-electron chi connectivity index (χ3n) is 7.06. The van der Waals surface area contributed by atoms with E-state index in [9.17, 15) is 9.18 Å². The summed E-state index contributed by atoms with van der Waals surface area (Å²) < 4.78 is 37.1. The molecular formula is C25H29F2N3O2. The van der Waals surface area contributed by atoms with Gasteiger partial charge in [-0.25, -0.2) is 8.78 Å². The lowest BCUT2D eigenvalue weighted by molar-refractivity contribution is -0.125. The third kappa shape index (κ3) is 3.87. The number of Topliss-reactive ketones (excluding diaryl/α,β-unsaturated/α-hetero) is 1. The van der Waals surface area contributed by atoms with Gasteiger partial charge in [0.25, 0.3) is 0 Å². The van der Waals surface area contributed by atoms with Crippen LogP contribution >= 0.6 is 0 Å². The van der Waals surface area contributed by atoms with Crippen molar-refractivity contribution in [1.82, 2.24) is 9.47 Å². The second-order valence-electron chi connectivity index (χ2n) is 9.06. The number of carbonyl (C=O) groups is 1. The molecule has 0 N–H and O–H groups in total. The Morgan fingerprint density at radius 2 is 1.97 bits per heavy atom. The number of fused-ring (bicyclic) bond motifs is 2. The number of benzene rings is 1. The van der Waals surface area contributed by atoms with Gasteiger partial charge in [0.15, 0.2) is 11.6 Å². The molecule has 4 unspecified atom stereocenters. The van der Waals surface area contributed by atoms with E-state index in [4.69, 9.17) is 10.00 Å². The largest absolute Gasteiger partial charge is 0.375 e. The van der Waals surface area contributed by atoms with Crippen LogP contribution in [0.15, 0.2) is 18.2 Å². The molecule has 2 aliphatic rings. The van der Waals surface area contributed by atoms with E-state index >= 15 is 4.39 Å². The first kappa shape index (κ1) is 22.6. The number of hydrogen-bond acceptors (Lipinski definition) is 4. The normalized spacial score (nSPS) is 25.5. The van der Waals surface area contributed by atoms with Gasteiger partial charge in [0.05, 0.1) is 35.6 Å². The molecule has 1 aromatic heterocycles. The van der Waals surface area contributed by atoms with Crippen molar-refractivity contribution in [3.63, 3.8) is 0 Å². The first-order chi connectivity index (χ1) is 15.2. The number of rotatable bonds is 5. The van der Waals surface area contributed by atoms with Crippen LogP contribution in [0.5, 0.6) is 0 Å². The second-order valence-corrected chi connectivity index (χ2v) is 9.06. The summed E-state index contributed by atoms with van der Waals surface area (Å²) in [5, 5.41) is 8.97. The number of nitrogens with zero attached hydrogens (tertiary/aromatic N) is 3. The Labute approximate surface area is 187 Å². The van der Waals surface area contributed by atoms with Crippen LogP contribution in [0.1, 0.15) is 66.8 Å². The van der Waals surface area contributed by atoms with Crippen molar-refractivity contribution in [3.05, 3.63) is 52.3 Å². The predicted molar refractivity (Wildman–Crippen MR) is 117 cm³/mol. The van der Waals surface area contributed by atoms with Gasteiger partial charge in [0.2, 0.25) is 0 Å². The van der Waals surface area contributed by atoms with E-state index in [2.05, 4.69) is 18.7 Å². The average Bonchev–Trinajstić information content (AvgIpc) is 2.98. The lowest BCUT2D eigenvalue weighted by Gasteiger charge is -2.49. The zero-order valence-electron chi connectivity index (χ0n) is 19.0. The van der Waals surface area contributed by atoms with Crippen molar-refractivity contribution in [2.24, 2.45) is 0 Å². The van der Waals surface area contributed by atoms with Gasteiger partial charge in [0, 0.05) is 23.5 Å². The van der Waals surface area contributed by atoms with E-state index < -0.39 is 11.6 Å². The smallest absolute Gasteiger partial charge is 0.181 e. The van der Waals surface area contributed by atoms with E-state index in [1.54, 1.807) is 30.6 Å². The number of halogens is 2. The van der Waals surface area contributed by atoms with Gasteiger partial charge in [-0.2, -0.15) is 5.26 Å². The fourth-order valence-corrected chi connectivity index (χ4v) is 5.42. The van der Waals surface area contributed by atoms with Crippen LogP contribution in [0.3, 0.4) is 0 Å². The van der Waals surface area contributed by atoms with Gasteiger partial charge in [-0.3, -0.25) is 9.69 Å². The van der Waals surface area contributed by atoms with E-state index in [0.29, 0.717) is 11.4 Å².